The lowest BCUT2D eigenvalue weighted by Gasteiger charge is -2.20. The Balaban J connectivity index is 2.75. The topological polar surface area (TPSA) is 75.6 Å². The lowest BCUT2D eigenvalue weighted by atomic mass is 9.86. The van der Waals surface area contributed by atoms with E-state index in [1.165, 1.54) is 6.92 Å². The molecular formula is C24H36N2O3. The molecule has 5 heteroatoms. The van der Waals surface area contributed by atoms with Crippen molar-refractivity contribution in [3.05, 3.63) is 23.8 Å². The van der Waals surface area contributed by atoms with Gasteiger partial charge in [0.2, 0.25) is 5.91 Å². The summed E-state index contributed by atoms with van der Waals surface area (Å²) in [5, 5.41) is 2.94. The number of benzene rings is 1. The summed E-state index contributed by atoms with van der Waals surface area (Å²) in [5.41, 5.74) is 2.40. The number of carbonyl (C=O) groups is 3. The third kappa shape index (κ3) is 9.64. The second-order valence-electron chi connectivity index (χ2n) is 8.08. The Morgan fingerprint density at radius 2 is 1.79 bits per heavy atom. The minimum Gasteiger partial charge on any atom is -0.326 e. The van der Waals surface area contributed by atoms with E-state index in [1.54, 1.807) is 13.0 Å². The van der Waals surface area contributed by atoms with Crippen molar-refractivity contribution in [2.45, 2.75) is 79.1 Å². The van der Waals surface area contributed by atoms with Crippen LogP contribution in [0, 0.1) is 18.8 Å². The van der Waals surface area contributed by atoms with Crippen molar-refractivity contribution in [3.63, 3.8) is 0 Å². The highest BCUT2D eigenvalue weighted by atomic mass is 16.2. The molecule has 0 heterocycles. The van der Waals surface area contributed by atoms with Crippen LogP contribution in [0.1, 0.15) is 77.7 Å². The van der Waals surface area contributed by atoms with E-state index >= 15 is 0 Å². The number of ketones is 2. The molecule has 1 rings (SSSR count). The fourth-order valence-electron chi connectivity index (χ4n) is 3.69. The van der Waals surface area contributed by atoms with Gasteiger partial charge in [0.25, 0.3) is 0 Å². The first-order chi connectivity index (χ1) is 13.8. The van der Waals surface area contributed by atoms with Crippen LogP contribution >= 0.6 is 0 Å². The standard InChI is InChI=1S/C24H36N2O3/c1-6-8-20(10-7-9-18(3)27)12-13-21(15-19(4)28)24(29)26-22-14-11-17(2)23(16-22)25-5/h11,14,16,20-21H,5-10,12-13,15H2,1-4H3,(H,26,29). The molecule has 0 aliphatic heterocycles. The van der Waals surface area contributed by atoms with Gasteiger partial charge in [0, 0.05) is 24.4 Å². The lowest BCUT2D eigenvalue weighted by molar-refractivity contribution is -0.125. The van der Waals surface area contributed by atoms with E-state index in [1.807, 2.05) is 19.1 Å². The van der Waals surface area contributed by atoms with Gasteiger partial charge in [-0.3, -0.25) is 9.79 Å². The summed E-state index contributed by atoms with van der Waals surface area (Å²) in [6.07, 6.45) is 6.48. The van der Waals surface area contributed by atoms with Gasteiger partial charge >= 0.3 is 0 Å². The van der Waals surface area contributed by atoms with Crippen molar-refractivity contribution in [1.82, 2.24) is 0 Å². The van der Waals surface area contributed by atoms with Crippen LogP contribution < -0.4 is 5.32 Å². The molecule has 1 N–H and O–H groups in total. The summed E-state index contributed by atoms with van der Waals surface area (Å²) >= 11 is 0. The first-order valence-electron chi connectivity index (χ1n) is 10.6. The molecule has 0 saturated carbocycles. The Kier molecular flexibility index (Phi) is 11.1. The molecule has 0 aliphatic carbocycles. The van der Waals surface area contributed by atoms with E-state index in [9.17, 15) is 14.4 Å². The van der Waals surface area contributed by atoms with Gasteiger partial charge in [-0.2, -0.15) is 0 Å². The molecule has 160 valence electrons. The molecule has 1 aromatic carbocycles. The Morgan fingerprint density at radius 3 is 2.38 bits per heavy atom. The number of rotatable bonds is 14. The largest absolute Gasteiger partial charge is 0.326 e. The number of hydrogen-bond donors (Lipinski definition) is 1. The number of carbonyl (C=O) groups excluding carboxylic acids is 3. The first kappa shape index (κ1) is 24.7. The molecule has 0 radical (unpaired) electrons. The summed E-state index contributed by atoms with van der Waals surface area (Å²) in [6, 6.07) is 5.53. The van der Waals surface area contributed by atoms with E-state index in [4.69, 9.17) is 0 Å². The number of nitrogens with zero attached hydrogens (tertiary/aromatic N) is 1. The number of Topliss-reactive ketones (excluding diaryl/α,β-unsaturated/α-hetero) is 2. The Morgan fingerprint density at radius 1 is 1.07 bits per heavy atom. The first-order valence-corrected chi connectivity index (χ1v) is 10.6. The number of hydrogen-bond acceptors (Lipinski definition) is 4. The molecular weight excluding hydrogens is 364 g/mol. The maximum atomic E-state index is 12.9. The Hall–Kier alpha value is -2.30. The second-order valence-corrected chi connectivity index (χ2v) is 8.08. The Labute approximate surface area is 175 Å². The highest BCUT2D eigenvalue weighted by molar-refractivity contribution is 5.95. The fraction of sp³-hybridized carbons (Fsp3) is 0.583. The van der Waals surface area contributed by atoms with Crippen molar-refractivity contribution in [2.75, 3.05) is 5.32 Å². The summed E-state index contributed by atoms with van der Waals surface area (Å²) in [5.74, 6) is 0.253. The monoisotopic (exact) mass is 400 g/mol. The smallest absolute Gasteiger partial charge is 0.227 e. The van der Waals surface area contributed by atoms with Crippen molar-refractivity contribution >= 4 is 35.6 Å². The number of amides is 1. The van der Waals surface area contributed by atoms with Gasteiger partial charge in [-0.05, 0) is 70.4 Å². The van der Waals surface area contributed by atoms with Gasteiger partial charge in [0.05, 0.1) is 5.69 Å². The van der Waals surface area contributed by atoms with Crippen LogP contribution in [0.5, 0.6) is 0 Å². The minimum atomic E-state index is -0.346. The molecule has 1 aromatic rings. The lowest BCUT2D eigenvalue weighted by Crippen LogP contribution is -2.25. The van der Waals surface area contributed by atoms with E-state index < -0.39 is 0 Å². The summed E-state index contributed by atoms with van der Waals surface area (Å²) < 4.78 is 0. The molecule has 29 heavy (non-hydrogen) atoms. The highest BCUT2D eigenvalue weighted by Gasteiger charge is 2.22. The van der Waals surface area contributed by atoms with Crippen molar-refractivity contribution < 1.29 is 14.4 Å². The molecule has 0 spiro atoms. The van der Waals surface area contributed by atoms with Crippen molar-refractivity contribution in [3.8, 4) is 0 Å². The van der Waals surface area contributed by atoms with Crippen LogP contribution in [0.2, 0.25) is 0 Å². The van der Waals surface area contributed by atoms with Crippen LogP contribution in [-0.4, -0.2) is 24.2 Å². The van der Waals surface area contributed by atoms with Crippen LogP contribution in [-0.2, 0) is 14.4 Å². The predicted octanol–water partition coefficient (Wildman–Crippen LogP) is 5.82. The van der Waals surface area contributed by atoms with Crippen LogP contribution in [0.4, 0.5) is 11.4 Å². The van der Waals surface area contributed by atoms with E-state index in [0.717, 1.165) is 43.4 Å². The zero-order valence-electron chi connectivity index (χ0n) is 18.4. The number of nitrogens with one attached hydrogen (secondary N) is 1. The fourth-order valence-corrected chi connectivity index (χ4v) is 3.69. The summed E-state index contributed by atoms with van der Waals surface area (Å²) in [4.78, 5) is 39.8. The molecule has 2 unspecified atom stereocenters. The van der Waals surface area contributed by atoms with Gasteiger partial charge in [-0.1, -0.05) is 32.3 Å². The highest BCUT2D eigenvalue weighted by Crippen LogP contribution is 2.27. The van der Waals surface area contributed by atoms with Crippen molar-refractivity contribution in [2.24, 2.45) is 16.8 Å². The SMILES string of the molecule is C=Nc1cc(NC(=O)C(CCC(CCC)CCCC(C)=O)CC(C)=O)ccc1C. The van der Waals surface area contributed by atoms with Gasteiger partial charge in [0.15, 0.2) is 0 Å². The molecule has 0 saturated heterocycles. The molecule has 1 amide bonds. The average Bonchev–Trinajstić information content (AvgIpc) is 2.65. The number of aliphatic imine (C=N–C) groups is 1. The van der Waals surface area contributed by atoms with Crippen LogP contribution in [0.3, 0.4) is 0 Å². The van der Waals surface area contributed by atoms with E-state index in [-0.39, 0.29) is 29.8 Å². The summed E-state index contributed by atoms with van der Waals surface area (Å²) in [7, 11) is 0. The van der Waals surface area contributed by atoms with Gasteiger partial charge < -0.3 is 14.9 Å². The molecule has 5 nitrogen and oxygen atoms in total. The molecule has 0 bridgehead atoms. The van der Waals surface area contributed by atoms with Crippen LogP contribution in [0.15, 0.2) is 23.2 Å². The van der Waals surface area contributed by atoms with Gasteiger partial charge in [-0.25, -0.2) is 0 Å². The quantitative estimate of drug-likeness (QED) is 0.400. The number of anilines is 1. The second kappa shape index (κ2) is 13.0. The number of aryl methyl sites for hydroxylation is 1. The Bertz CT molecular complexity index is 712. The van der Waals surface area contributed by atoms with Crippen molar-refractivity contribution in [1.29, 1.82) is 0 Å². The molecule has 0 fully saturated rings. The van der Waals surface area contributed by atoms with Gasteiger partial charge in [0.1, 0.15) is 11.6 Å². The van der Waals surface area contributed by atoms with Crippen LogP contribution in [0.25, 0.3) is 0 Å². The third-order valence-electron chi connectivity index (χ3n) is 5.31. The third-order valence-corrected chi connectivity index (χ3v) is 5.31. The molecule has 0 aliphatic rings. The maximum Gasteiger partial charge on any atom is 0.227 e. The maximum absolute atomic E-state index is 12.9. The summed E-state index contributed by atoms with van der Waals surface area (Å²) in [6.45, 7) is 10.8. The average molecular weight is 401 g/mol. The van der Waals surface area contributed by atoms with E-state index in [2.05, 4.69) is 24.0 Å². The molecule has 2 atom stereocenters. The zero-order valence-corrected chi connectivity index (χ0v) is 18.4. The van der Waals surface area contributed by atoms with E-state index in [0.29, 0.717) is 24.4 Å². The minimum absolute atomic E-state index is 0.0196. The predicted molar refractivity (Wildman–Crippen MR) is 120 cm³/mol. The zero-order chi connectivity index (χ0) is 21.8. The van der Waals surface area contributed by atoms with Gasteiger partial charge in [-0.15, -0.1) is 0 Å². The normalized spacial score (nSPS) is 12.8. The molecule has 0 aromatic heterocycles.